The molecule has 0 spiro atoms. The standard InChI is InChI=1S/C19H24O/c1-13(2)16-11-8-12-17(14(3)4)18(16)19(20)15-9-6-5-7-10-15/h5-14,19-20H,1-4H3. The molecule has 0 heterocycles. The van der Waals surface area contributed by atoms with Crippen molar-refractivity contribution >= 4 is 0 Å². The molecular formula is C19H24O. The topological polar surface area (TPSA) is 20.2 Å². The van der Waals surface area contributed by atoms with E-state index in [2.05, 4.69) is 45.9 Å². The Morgan fingerprint density at radius 2 is 1.20 bits per heavy atom. The van der Waals surface area contributed by atoms with Crippen molar-refractivity contribution in [3.63, 3.8) is 0 Å². The van der Waals surface area contributed by atoms with Crippen LogP contribution in [0.2, 0.25) is 0 Å². The van der Waals surface area contributed by atoms with E-state index in [1.165, 1.54) is 11.1 Å². The molecule has 0 amide bonds. The molecule has 2 rings (SSSR count). The van der Waals surface area contributed by atoms with E-state index in [-0.39, 0.29) is 0 Å². The van der Waals surface area contributed by atoms with Gasteiger partial charge in [0.25, 0.3) is 0 Å². The summed E-state index contributed by atoms with van der Waals surface area (Å²) in [5.41, 5.74) is 4.53. The lowest BCUT2D eigenvalue weighted by atomic mass is 9.84. The minimum atomic E-state index is -0.549. The van der Waals surface area contributed by atoms with Crippen molar-refractivity contribution < 1.29 is 5.11 Å². The Balaban J connectivity index is 2.58. The van der Waals surface area contributed by atoms with Crippen LogP contribution >= 0.6 is 0 Å². The third kappa shape index (κ3) is 2.94. The first kappa shape index (κ1) is 14.8. The van der Waals surface area contributed by atoms with E-state index in [9.17, 15) is 5.11 Å². The molecule has 20 heavy (non-hydrogen) atoms. The fraction of sp³-hybridized carbons (Fsp3) is 0.368. The van der Waals surface area contributed by atoms with Gasteiger partial charge in [0.05, 0.1) is 0 Å². The zero-order valence-corrected chi connectivity index (χ0v) is 12.8. The molecule has 1 unspecified atom stereocenters. The number of aliphatic hydroxyl groups excluding tert-OH is 1. The lowest BCUT2D eigenvalue weighted by Crippen LogP contribution is -2.10. The predicted octanol–water partition coefficient (Wildman–Crippen LogP) is 5.02. The van der Waals surface area contributed by atoms with Gasteiger partial charge >= 0.3 is 0 Å². The van der Waals surface area contributed by atoms with Gasteiger partial charge < -0.3 is 5.11 Å². The van der Waals surface area contributed by atoms with Gasteiger partial charge in [-0.2, -0.15) is 0 Å². The van der Waals surface area contributed by atoms with Crippen molar-refractivity contribution in [3.8, 4) is 0 Å². The van der Waals surface area contributed by atoms with Gasteiger partial charge in [-0.3, -0.25) is 0 Å². The molecule has 1 N–H and O–H groups in total. The van der Waals surface area contributed by atoms with E-state index in [1.807, 2.05) is 30.3 Å². The van der Waals surface area contributed by atoms with Crippen LogP contribution in [0.1, 0.15) is 67.9 Å². The molecule has 2 aromatic rings. The zero-order valence-electron chi connectivity index (χ0n) is 12.8. The summed E-state index contributed by atoms with van der Waals surface area (Å²) in [6, 6.07) is 16.3. The molecule has 0 aliphatic heterocycles. The van der Waals surface area contributed by atoms with Crippen LogP contribution in [0.5, 0.6) is 0 Å². The lowest BCUT2D eigenvalue weighted by Gasteiger charge is -2.24. The number of benzene rings is 2. The van der Waals surface area contributed by atoms with E-state index in [0.29, 0.717) is 11.8 Å². The molecule has 106 valence electrons. The summed E-state index contributed by atoms with van der Waals surface area (Å²) in [6.07, 6.45) is -0.549. The Kier molecular flexibility index (Phi) is 4.61. The molecule has 2 aromatic carbocycles. The Hall–Kier alpha value is -1.60. The van der Waals surface area contributed by atoms with Crippen LogP contribution in [0.25, 0.3) is 0 Å². The number of hydrogen-bond donors (Lipinski definition) is 1. The van der Waals surface area contributed by atoms with Gasteiger partial charge in [0.2, 0.25) is 0 Å². The Labute approximate surface area is 122 Å². The highest BCUT2D eigenvalue weighted by atomic mass is 16.3. The van der Waals surface area contributed by atoms with Crippen LogP contribution in [-0.2, 0) is 0 Å². The first-order chi connectivity index (χ1) is 9.52. The summed E-state index contributed by atoms with van der Waals surface area (Å²) in [5, 5.41) is 10.9. The van der Waals surface area contributed by atoms with Crippen molar-refractivity contribution in [2.75, 3.05) is 0 Å². The molecule has 0 saturated carbocycles. The zero-order chi connectivity index (χ0) is 14.7. The van der Waals surface area contributed by atoms with Gasteiger partial charge in [-0.15, -0.1) is 0 Å². The van der Waals surface area contributed by atoms with E-state index < -0.39 is 6.10 Å². The molecule has 0 radical (unpaired) electrons. The molecule has 1 atom stereocenters. The van der Waals surface area contributed by atoms with Crippen molar-refractivity contribution in [2.45, 2.75) is 45.6 Å². The van der Waals surface area contributed by atoms with Crippen LogP contribution in [0.4, 0.5) is 0 Å². The second-order valence-corrected chi connectivity index (χ2v) is 5.97. The van der Waals surface area contributed by atoms with Crippen molar-refractivity contribution in [1.82, 2.24) is 0 Å². The fourth-order valence-electron chi connectivity index (χ4n) is 2.73. The molecule has 0 aliphatic carbocycles. The largest absolute Gasteiger partial charge is 0.384 e. The minimum absolute atomic E-state index is 0.405. The minimum Gasteiger partial charge on any atom is -0.384 e. The maximum atomic E-state index is 10.9. The quantitative estimate of drug-likeness (QED) is 0.826. The second kappa shape index (κ2) is 6.23. The van der Waals surface area contributed by atoms with Crippen molar-refractivity contribution in [2.24, 2.45) is 0 Å². The fourth-order valence-corrected chi connectivity index (χ4v) is 2.73. The summed E-state index contributed by atoms with van der Waals surface area (Å²) < 4.78 is 0. The van der Waals surface area contributed by atoms with Gasteiger partial charge in [0, 0.05) is 0 Å². The van der Waals surface area contributed by atoms with E-state index in [0.717, 1.165) is 11.1 Å². The van der Waals surface area contributed by atoms with Gasteiger partial charge in [0.1, 0.15) is 6.10 Å². The first-order valence-corrected chi connectivity index (χ1v) is 7.38. The first-order valence-electron chi connectivity index (χ1n) is 7.38. The molecule has 1 heteroatoms. The summed E-state index contributed by atoms with van der Waals surface area (Å²) in [7, 11) is 0. The summed E-state index contributed by atoms with van der Waals surface area (Å²) >= 11 is 0. The number of aliphatic hydroxyl groups is 1. The summed E-state index contributed by atoms with van der Waals surface area (Å²) in [6.45, 7) is 8.72. The average molecular weight is 268 g/mol. The smallest absolute Gasteiger partial charge is 0.105 e. The molecule has 1 nitrogen and oxygen atoms in total. The molecular weight excluding hydrogens is 244 g/mol. The Morgan fingerprint density at radius 3 is 1.65 bits per heavy atom. The van der Waals surface area contributed by atoms with Crippen LogP contribution < -0.4 is 0 Å². The highest BCUT2D eigenvalue weighted by molar-refractivity contribution is 5.44. The van der Waals surface area contributed by atoms with Crippen LogP contribution in [0.3, 0.4) is 0 Å². The Morgan fingerprint density at radius 1 is 0.700 bits per heavy atom. The van der Waals surface area contributed by atoms with Crippen LogP contribution in [0, 0.1) is 0 Å². The summed E-state index contributed by atoms with van der Waals surface area (Å²) in [4.78, 5) is 0. The molecule has 0 saturated heterocycles. The van der Waals surface area contributed by atoms with E-state index in [1.54, 1.807) is 0 Å². The van der Waals surface area contributed by atoms with Crippen LogP contribution in [-0.4, -0.2) is 5.11 Å². The lowest BCUT2D eigenvalue weighted by molar-refractivity contribution is 0.217. The van der Waals surface area contributed by atoms with E-state index in [4.69, 9.17) is 0 Å². The van der Waals surface area contributed by atoms with E-state index >= 15 is 0 Å². The normalized spacial score (nSPS) is 12.9. The highest BCUT2D eigenvalue weighted by Crippen LogP contribution is 2.35. The molecule has 0 aromatic heterocycles. The average Bonchev–Trinajstić information content (AvgIpc) is 2.46. The number of hydrogen-bond acceptors (Lipinski definition) is 1. The molecule has 0 bridgehead atoms. The van der Waals surface area contributed by atoms with Gasteiger partial charge in [-0.1, -0.05) is 76.2 Å². The van der Waals surface area contributed by atoms with Crippen molar-refractivity contribution in [1.29, 1.82) is 0 Å². The molecule has 0 fully saturated rings. The van der Waals surface area contributed by atoms with Gasteiger partial charge in [-0.05, 0) is 34.1 Å². The van der Waals surface area contributed by atoms with Crippen LogP contribution in [0.15, 0.2) is 48.5 Å². The third-order valence-electron chi connectivity index (χ3n) is 3.81. The van der Waals surface area contributed by atoms with Crippen molar-refractivity contribution in [3.05, 3.63) is 70.8 Å². The SMILES string of the molecule is CC(C)c1cccc(C(C)C)c1C(O)c1ccccc1. The number of rotatable bonds is 4. The summed E-state index contributed by atoms with van der Waals surface area (Å²) in [5.74, 6) is 0.809. The predicted molar refractivity (Wildman–Crippen MR) is 85.1 cm³/mol. The van der Waals surface area contributed by atoms with Gasteiger partial charge in [-0.25, -0.2) is 0 Å². The second-order valence-electron chi connectivity index (χ2n) is 5.97. The Bertz CT molecular complexity index is 529. The third-order valence-corrected chi connectivity index (χ3v) is 3.81. The maximum Gasteiger partial charge on any atom is 0.105 e. The van der Waals surface area contributed by atoms with Gasteiger partial charge in [0.15, 0.2) is 0 Å². The maximum absolute atomic E-state index is 10.9. The highest BCUT2D eigenvalue weighted by Gasteiger charge is 2.21. The monoisotopic (exact) mass is 268 g/mol. The molecule has 0 aliphatic rings.